The topological polar surface area (TPSA) is 183 Å². The maximum Gasteiger partial charge on any atom is 0.254 e. The van der Waals surface area contributed by atoms with Gasteiger partial charge in [0.1, 0.15) is 24.5 Å². The van der Waals surface area contributed by atoms with E-state index in [1.165, 1.54) is 16.5 Å². The molecule has 0 saturated carbocycles. The molecule has 258 valence electrons. The van der Waals surface area contributed by atoms with E-state index in [-0.39, 0.29) is 43.9 Å². The second-order valence-corrected chi connectivity index (χ2v) is 12.7. The van der Waals surface area contributed by atoms with Crippen LogP contribution >= 0.6 is 0 Å². The third-order valence-electron chi connectivity index (χ3n) is 8.23. The smallest absolute Gasteiger partial charge is 0.254 e. The Kier molecular flexibility index (Phi) is 11.1. The highest BCUT2D eigenvalue weighted by atomic mass is 16.2. The van der Waals surface area contributed by atoms with Gasteiger partial charge in [0.2, 0.25) is 23.6 Å². The number of benzene rings is 2. The van der Waals surface area contributed by atoms with Gasteiger partial charge in [0.05, 0.1) is 12.6 Å². The first-order chi connectivity index (χ1) is 23.5. The van der Waals surface area contributed by atoms with Crippen LogP contribution in [-0.2, 0) is 25.7 Å². The summed E-state index contributed by atoms with van der Waals surface area (Å²) in [6, 6.07) is 13.8. The molecule has 2 aromatic carbocycles. The number of hydrogen-bond donors (Lipinski definition) is 5. The highest BCUT2D eigenvalue weighted by molar-refractivity contribution is 6.00. The molecule has 0 bridgehead atoms. The van der Waals surface area contributed by atoms with Gasteiger partial charge < -0.3 is 31.2 Å². The molecular weight excluding hydrogens is 626 g/mol. The summed E-state index contributed by atoms with van der Waals surface area (Å²) in [5, 5.41) is 16.7. The van der Waals surface area contributed by atoms with Crippen molar-refractivity contribution in [2.24, 2.45) is 5.92 Å². The van der Waals surface area contributed by atoms with E-state index in [9.17, 15) is 24.0 Å². The van der Waals surface area contributed by atoms with Crippen molar-refractivity contribution in [1.29, 1.82) is 0 Å². The van der Waals surface area contributed by atoms with E-state index in [2.05, 4.69) is 36.3 Å². The lowest BCUT2D eigenvalue weighted by Crippen LogP contribution is -2.54. The summed E-state index contributed by atoms with van der Waals surface area (Å²) >= 11 is 0. The number of rotatable bonds is 4. The van der Waals surface area contributed by atoms with Crippen LogP contribution in [0.4, 0.5) is 0 Å². The van der Waals surface area contributed by atoms with Crippen molar-refractivity contribution >= 4 is 40.4 Å². The van der Waals surface area contributed by atoms with Crippen molar-refractivity contribution in [1.82, 2.24) is 45.9 Å². The van der Waals surface area contributed by atoms with E-state index in [0.29, 0.717) is 30.1 Å². The highest BCUT2D eigenvalue weighted by Crippen LogP contribution is 2.20. The van der Waals surface area contributed by atoms with Gasteiger partial charge in [-0.25, -0.2) is 9.67 Å². The largest absolute Gasteiger partial charge is 0.361 e. The van der Waals surface area contributed by atoms with Gasteiger partial charge in [0, 0.05) is 41.3 Å². The maximum absolute atomic E-state index is 13.7. The molecule has 0 aliphatic carbocycles. The third-order valence-corrected chi connectivity index (χ3v) is 8.23. The zero-order valence-electron chi connectivity index (χ0n) is 28.2. The molecule has 5 N–H and O–H groups in total. The van der Waals surface area contributed by atoms with Crippen LogP contribution in [0.5, 0.6) is 0 Å². The average molecular weight is 670 g/mol. The van der Waals surface area contributed by atoms with Crippen LogP contribution in [0.25, 0.3) is 22.3 Å². The summed E-state index contributed by atoms with van der Waals surface area (Å²) in [5.41, 5.74) is 2.02. The van der Waals surface area contributed by atoms with Crippen molar-refractivity contribution in [2.75, 3.05) is 19.6 Å². The van der Waals surface area contributed by atoms with E-state index in [4.69, 9.17) is 0 Å². The molecule has 0 fully saturated rings. The maximum atomic E-state index is 13.7. The van der Waals surface area contributed by atoms with Crippen molar-refractivity contribution in [3.8, 4) is 11.4 Å². The summed E-state index contributed by atoms with van der Waals surface area (Å²) < 4.78 is 1.46. The Morgan fingerprint density at radius 1 is 0.898 bits per heavy atom. The first-order valence-electron chi connectivity index (χ1n) is 16.5. The zero-order chi connectivity index (χ0) is 35.1. The predicted molar refractivity (Wildman–Crippen MR) is 183 cm³/mol. The quantitative estimate of drug-likeness (QED) is 0.221. The van der Waals surface area contributed by atoms with Gasteiger partial charge in [-0.05, 0) is 56.9 Å². The zero-order valence-corrected chi connectivity index (χ0v) is 28.2. The normalized spacial score (nSPS) is 20.3. The standard InChI is InChI=1S/C35H43N9O5/c1-21(2)17-28-34(48)39-22(3)32-41-31(24-9-6-5-7-10-24)42-44(32)20-29(45)37-14-8-16-43(19-30(46)38-23(4)33(47)40-28)35(49)26-11-12-27-25(18-26)13-15-36-27/h5-7,9-13,15,18,21-23,28,36H,8,14,16-17,19-20H2,1-4H3,(H,37,45)(H,38,46)(H,39,48)(H,40,47)/t22-,23+,28+/m0/s1. The van der Waals surface area contributed by atoms with Gasteiger partial charge >= 0.3 is 0 Å². The number of hydrogen-bond acceptors (Lipinski definition) is 7. The molecule has 14 nitrogen and oxygen atoms in total. The van der Waals surface area contributed by atoms with E-state index >= 15 is 0 Å². The summed E-state index contributed by atoms with van der Waals surface area (Å²) in [7, 11) is 0. The molecule has 5 amide bonds. The fourth-order valence-corrected chi connectivity index (χ4v) is 5.72. The number of carbonyl (C=O) groups excluding carboxylic acids is 5. The molecule has 0 saturated heterocycles. The molecule has 3 atom stereocenters. The summed E-state index contributed by atoms with van der Waals surface area (Å²) in [4.78, 5) is 76.0. The van der Waals surface area contributed by atoms with Crippen molar-refractivity contribution < 1.29 is 24.0 Å². The monoisotopic (exact) mass is 669 g/mol. The number of aromatic amines is 1. The van der Waals surface area contributed by atoms with Gasteiger partial charge in [0.15, 0.2) is 5.82 Å². The van der Waals surface area contributed by atoms with Crippen molar-refractivity contribution in [2.45, 2.75) is 65.2 Å². The lowest BCUT2D eigenvalue weighted by molar-refractivity contribution is -0.132. The first kappa shape index (κ1) is 34.8. The Labute approximate surface area is 284 Å². The van der Waals surface area contributed by atoms with Crippen LogP contribution < -0.4 is 21.3 Å². The molecule has 0 spiro atoms. The minimum atomic E-state index is -0.988. The number of H-pyrrole nitrogens is 1. The molecule has 1 aliphatic rings. The molecule has 2 aromatic heterocycles. The second-order valence-electron chi connectivity index (χ2n) is 12.7. The molecule has 0 radical (unpaired) electrons. The fourth-order valence-electron chi connectivity index (χ4n) is 5.72. The Morgan fingerprint density at radius 2 is 1.67 bits per heavy atom. The minimum Gasteiger partial charge on any atom is -0.361 e. The van der Waals surface area contributed by atoms with Crippen LogP contribution in [0, 0.1) is 5.92 Å². The van der Waals surface area contributed by atoms with E-state index in [1.807, 2.05) is 50.2 Å². The molecule has 4 aromatic rings. The average Bonchev–Trinajstić information content (AvgIpc) is 3.72. The molecule has 5 rings (SSSR count). The lowest BCUT2D eigenvalue weighted by Gasteiger charge is -2.25. The Hall–Kier alpha value is -5.53. The number of aromatic nitrogens is 4. The van der Waals surface area contributed by atoms with Gasteiger partial charge in [-0.1, -0.05) is 44.2 Å². The van der Waals surface area contributed by atoms with Crippen LogP contribution in [0.3, 0.4) is 0 Å². The number of fused-ring (bicyclic) bond motifs is 2. The number of carbonyl (C=O) groups is 5. The molecule has 3 heterocycles. The van der Waals surface area contributed by atoms with E-state index in [1.54, 1.807) is 31.3 Å². The lowest BCUT2D eigenvalue weighted by atomic mass is 10.0. The van der Waals surface area contributed by atoms with E-state index < -0.39 is 35.8 Å². The van der Waals surface area contributed by atoms with E-state index in [0.717, 1.165) is 16.5 Å². The van der Waals surface area contributed by atoms with Gasteiger partial charge in [-0.15, -0.1) is 0 Å². The molecular formula is C35H43N9O5. The van der Waals surface area contributed by atoms with Crippen LogP contribution in [0.1, 0.15) is 62.8 Å². The molecule has 0 unspecified atom stereocenters. The van der Waals surface area contributed by atoms with Crippen LogP contribution in [0.2, 0.25) is 0 Å². The Balaban J connectivity index is 1.42. The first-order valence-corrected chi connectivity index (χ1v) is 16.5. The summed E-state index contributed by atoms with van der Waals surface area (Å²) in [6.07, 6.45) is 2.47. The minimum absolute atomic E-state index is 0.0555. The molecule has 49 heavy (non-hydrogen) atoms. The number of nitrogens with zero attached hydrogens (tertiary/aromatic N) is 4. The van der Waals surface area contributed by atoms with Crippen molar-refractivity contribution in [3.63, 3.8) is 0 Å². The second kappa shape index (κ2) is 15.6. The Morgan fingerprint density at radius 3 is 2.43 bits per heavy atom. The van der Waals surface area contributed by atoms with Crippen LogP contribution in [0.15, 0.2) is 60.8 Å². The fraction of sp³-hybridized carbons (Fsp3) is 0.400. The highest BCUT2D eigenvalue weighted by Gasteiger charge is 2.29. The van der Waals surface area contributed by atoms with Gasteiger partial charge in [0.25, 0.3) is 5.91 Å². The van der Waals surface area contributed by atoms with Crippen LogP contribution in [-0.4, -0.2) is 85.9 Å². The molecule has 14 heteroatoms. The predicted octanol–water partition coefficient (Wildman–Crippen LogP) is 2.30. The van der Waals surface area contributed by atoms with Gasteiger partial charge in [-0.3, -0.25) is 24.0 Å². The summed E-state index contributed by atoms with van der Waals surface area (Å²) in [5.74, 6) is -1.40. The van der Waals surface area contributed by atoms with Crippen molar-refractivity contribution in [3.05, 3.63) is 72.2 Å². The summed E-state index contributed by atoms with van der Waals surface area (Å²) in [6.45, 7) is 7.04. The number of nitrogens with one attached hydrogen (secondary N) is 5. The number of amides is 5. The third kappa shape index (κ3) is 8.89. The SMILES string of the molecule is CC(C)C[C@H]1NC(=O)[C@@H](C)NC(=O)CN(C(=O)c2ccc3[nH]ccc3c2)CCCNC(=O)Cn2nc(-c3ccccc3)nc2[C@H](C)NC1=O. The Bertz CT molecular complexity index is 1820. The molecule has 1 aliphatic heterocycles. The van der Waals surface area contributed by atoms with Gasteiger partial charge in [-0.2, -0.15) is 5.10 Å².